The van der Waals surface area contributed by atoms with Crippen molar-refractivity contribution >= 4 is 6.08 Å². The number of ether oxygens (including phenoxy) is 1. The Morgan fingerprint density at radius 1 is 1.05 bits per heavy atom. The van der Waals surface area contributed by atoms with Gasteiger partial charge in [0.2, 0.25) is 0 Å². The number of benzene rings is 1. The normalized spacial score (nSPS) is 12.6. The van der Waals surface area contributed by atoms with E-state index >= 15 is 0 Å². The number of hydrogen-bond acceptors (Lipinski definition) is 1. The van der Waals surface area contributed by atoms with Gasteiger partial charge in [0.1, 0.15) is 0 Å². The minimum Gasteiger partial charge on any atom is -0.372 e. The van der Waals surface area contributed by atoms with Gasteiger partial charge in [-0.3, -0.25) is 0 Å². The van der Waals surface area contributed by atoms with Gasteiger partial charge in [0.15, 0.2) is 0 Å². The topological polar surface area (TPSA) is 9.23 Å². The van der Waals surface area contributed by atoms with E-state index in [1.165, 1.54) is 24.8 Å². The quantitative estimate of drug-likeness (QED) is 0.418. The molecule has 1 aromatic carbocycles. The molecule has 0 aliphatic rings. The number of rotatable bonds is 9. The van der Waals surface area contributed by atoms with Crippen LogP contribution in [0.15, 0.2) is 48.6 Å². The summed E-state index contributed by atoms with van der Waals surface area (Å²) in [5.41, 5.74) is 1.19. The van der Waals surface area contributed by atoms with Crippen molar-refractivity contribution in [2.45, 2.75) is 52.1 Å². The molecule has 1 aromatic rings. The number of hydrogen-bond donors (Lipinski definition) is 0. The molecule has 110 valence electrons. The highest BCUT2D eigenvalue weighted by atomic mass is 16.5. The van der Waals surface area contributed by atoms with E-state index in [1.54, 1.807) is 0 Å². The van der Waals surface area contributed by atoms with Crippen LogP contribution in [0, 0.1) is 0 Å². The molecule has 0 aliphatic carbocycles. The second-order valence-electron chi connectivity index (χ2n) is 5.70. The zero-order valence-corrected chi connectivity index (χ0v) is 13.1. The average molecular weight is 272 g/mol. The van der Waals surface area contributed by atoms with Gasteiger partial charge in [-0.1, -0.05) is 61.1 Å². The fourth-order valence-electron chi connectivity index (χ4n) is 2.07. The Balaban J connectivity index is 2.20. The second kappa shape index (κ2) is 9.55. The largest absolute Gasteiger partial charge is 0.372 e. The molecule has 0 N–H and O–H groups in total. The third kappa shape index (κ3) is 7.96. The fourth-order valence-corrected chi connectivity index (χ4v) is 2.07. The zero-order chi connectivity index (χ0) is 14.7. The first-order valence-electron chi connectivity index (χ1n) is 7.61. The smallest absolute Gasteiger partial charge is 0.0657 e. The molecule has 0 aliphatic heterocycles. The van der Waals surface area contributed by atoms with Crippen LogP contribution in [0.25, 0.3) is 6.08 Å². The molecule has 0 unspecified atom stereocenters. The standard InChI is InChI=1S/C19H28O/c1-4-5-6-7-11-16-19(2,3)20-17-12-15-18-13-9-8-10-14-18/h4-5,8-10,12-15H,6-7,11,16-17H2,1-3H3. The van der Waals surface area contributed by atoms with Gasteiger partial charge in [-0.25, -0.2) is 0 Å². The Kier molecular flexibility index (Phi) is 7.98. The lowest BCUT2D eigenvalue weighted by Gasteiger charge is -2.24. The number of unbranched alkanes of at least 4 members (excludes halogenated alkanes) is 2. The molecule has 1 heteroatoms. The molecule has 0 fully saturated rings. The molecule has 0 radical (unpaired) electrons. The zero-order valence-electron chi connectivity index (χ0n) is 13.1. The predicted molar refractivity (Wildman–Crippen MR) is 88.8 cm³/mol. The Hall–Kier alpha value is -1.34. The molecule has 20 heavy (non-hydrogen) atoms. The third-order valence-corrected chi connectivity index (χ3v) is 3.32. The van der Waals surface area contributed by atoms with Crippen molar-refractivity contribution < 1.29 is 4.74 Å². The van der Waals surface area contributed by atoms with Crippen LogP contribution in [0.4, 0.5) is 0 Å². The molecule has 1 nitrogen and oxygen atoms in total. The van der Waals surface area contributed by atoms with Crippen molar-refractivity contribution in [1.29, 1.82) is 0 Å². The van der Waals surface area contributed by atoms with Crippen LogP contribution < -0.4 is 0 Å². The lowest BCUT2D eigenvalue weighted by atomic mass is 10.0. The maximum atomic E-state index is 5.95. The minimum absolute atomic E-state index is 0.0308. The minimum atomic E-state index is -0.0308. The van der Waals surface area contributed by atoms with E-state index in [-0.39, 0.29) is 5.60 Å². The highest BCUT2D eigenvalue weighted by molar-refractivity contribution is 5.48. The summed E-state index contributed by atoms with van der Waals surface area (Å²) in [6.45, 7) is 7.11. The maximum Gasteiger partial charge on any atom is 0.0657 e. The monoisotopic (exact) mass is 272 g/mol. The van der Waals surface area contributed by atoms with Crippen molar-refractivity contribution in [2.75, 3.05) is 6.61 Å². The molecule has 0 bridgehead atoms. The molecular formula is C19H28O. The first-order valence-corrected chi connectivity index (χ1v) is 7.61. The summed E-state index contributed by atoms with van der Waals surface area (Å²) in [5, 5.41) is 0. The van der Waals surface area contributed by atoms with Gasteiger partial charge in [0, 0.05) is 0 Å². The highest BCUT2D eigenvalue weighted by Gasteiger charge is 2.16. The summed E-state index contributed by atoms with van der Waals surface area (Å²) in [5.74, 6) is 0. The average Bonchev–Trinajstić information content (AvgIpc) is 2.44. The van der Waals surface area contributed by atoms with E-state index in [9.17, 15) is 0 Å². The Labute approximate surface area is 124 Å². The van der Waals surface area contributed by atoms with Crippen molar-refractivity contribution in [3.63, 3.8) is 0 Å². The van der Waals surface area contributed by atoms with E-state index in [4.69, 9.17) is 4.74 Å². The van der Waals surface area contributed by atoms with E-state index in [0.717, 1.165) is 6.42 Å². The first-order chi connectivity index (χ1) is 9.64. The molecule has 0 saturated heterocycles. The summed E-state index contributed by atoms with van der Waals surface area (Å²) >= 11 is 0. The Bertz CT molecular complexity index is 401. The molecule has 0 spiro atoms. The molecule has 1 rings (SSSR count). The molecule has 0 aromatic heterocycles. The van der Waals surface area contributed by atoms with Crippen LogP contribution >= 0.6 is 0 Å². The fraction of sp³-hybridized carbons (Fsp3) is 0.474. The van der Waals surface area contributed by atoms with Gasteiger partial charge in [0.05, 0.1) is 12.2 Å². The van der Waals surface area contributed by atoms with E-state index < -0.39 is 0 Å². The van der Waals surface area contributed by atoms with Gasteiger partial charge in [-0.2, -0.15) is 0 Å². The van der Waals surface area contributed by atoms with Gasteiger partial charge < -0.3 is 4.74 Å². The predicted octanol–water partition coefficient (Wildman–Crippen LogP) is 5.63. The molecule has 0 atom stereocenters. The molecule has 0 amide bonds. The summed E-state index contributed by atoms with van der Waals surface area (Å²) < 4.78 is 5.95. The van der Waals surface area contributed by atoms with Crippen LogP contribution in [0.2, 0.25) is 0 Å². The molecule has 0 saturated carbocycles. The van der Waals surface area contributed by atoms with Crippen molar-refractivity contribution in [3.05, 3.63) is 54.1 Å². The van der Waals surface area contributed by atoms with E-state index in [0.29, 0.717) is 6.61 Å². The van der Waals surface area contributed by atoms with Crippen LogP contribution in [0.5, 0.6) is 0 Å². The SMILES string of the molecule is CC=CCCCCC(C)(C)OCC=Cc1ccccc1. The highest BCUT2D eigenvalue weighted by Crippen LogP contribution is 2.18. The Morgan fingerprint density at radius 2 is 1.80 bits per heavy atom. The molecule has 0 heterocycles. The van der Waals surface area contributed by atoms with Gasteiger partial charge in [-0.05, 0) is 45.6 Å². The van der Waals surface area contributed by atoms with Crippen molar-refractivity contribution in [1.82, 2.24) is 0 Å². The van der Waals surface area contributed by atoms with Crippen LogP contribution in [-0.2, 0) is 4.74 Å². The summed E-state index contributed by atoms with van der Waals surface area (Å²) in [6.07, 6.45) is 13.3. The Morgan fingerprint density at radius 3 is 2.50 bits per heavy atom. The second-order valence-corrected chi connectivity index (χ2v) is 5.70. The van der Waals surface area contributed by atoms with Crippen LogP contribution in [-0.4, -0.2) is 12.2 Å². The lowest BCUT2D eigenvalue weighted by molar-refractivity contribution is -0.00866. The summed E-state index contributed by atoms with van der Waals surface area (Å²) in [4.78, 5) is 0. The molecular weight excluding hydrogens is 244 g/mol. The van der Waals surface area contributed by atoms with E-state index in [2.05, 4.69) is 69.3 Å². The summed E-state index contributed by atoms with van der Waals surface area (Å²) in [7, 11) is 0. The van der Waals surface area contributed by atoms with E-state index in [1.807, 2.05) is 6.07 Å². The van der Waals surface area contributed by atoms with Gasteiger partial charge >= 0.3 is 0 Å². The first kappa shape index (κ1) is 16.7. The summed E-state index contributed by atoms with van der Waals surface area (Å²) in [6, 6.07) is 10.3. The van der Waals surface area contributed by atoms with Gasteiger partial charge in [-0.15, -0.1) is 0 Å². The van der Waals surface area contributed by atoms with Gasteiger partial charge in [0.25, 0.3) is 0 Å². The van der Waals surface area contributed by atoms with Crippen molar-refractivity contribution in [3.8, 4) is 0 Å². The van der Waals surface area contributed by atoms with Crippen LogP contribution in [0.1, 0.15) is 52.0 Å². The van der Waals surface area contributed by atoms with Crippen LogP contribution in [0.3, 0.4) is 0 Å². The lowest BCUT2D eigenvalue weighted by Crippen LogP contribution is -2.24. The third-order valence-electron chi connectivity index (χ3n) is 3.32. The maximum absolute atomic E-state index is 5.95. The van der Waals surface area contributed by atoms with Crippen molar-refractivity contribution in [2.24, 2.45) is 0 Å². The number of allylic oxidation sites excluding steroid dienone is 2.